The third-order valence-corrected chi connectivity index (χ3v) is 49.8. The first-order chi connectivity index (χ1) is 10.5. The van der Waals surface area contributed by atoms with Crippen molar-refractivity contribution in [3.05, 3.63) is 9.64 Å². The molecule has 0 aliphatic carbocycles. The van der Waals surface area contributed by atoms with Crippen LogP contribution in [0.5, 0.6) is 0 Å². The van der Waals surface area contributed by atoms with E-state index in [4.69, 9.17) is 0 Å². The molecule has 0 fully saturated rings. The van der Waals surface area contributed by atoms with Crippen LogP contribution >= 0.6 is 0 Å². The van der Waals surface area contributed by atoms with Crippen molar-refractivity contribution in [1.82, 2.24) is 0 Å². The number of rotatable bonds is 6. The summed E-state index contributed by atoms with van der Waals surface area (Å²) in [4.78, 5) is 2.98. The molecule has 0 spiro atoms. The van der Waals surface area contributed by atoms with Crippen molar-refractivity contribution in [2.45, 2.75) is 102 Å². The van der Waals surface area contributed by atoms with E-state index in [9.17, 15) is 0 Å². The van der Waals surface area contributed by atoms with Gasteiger partial charge in [0.1, 0.15) is 0 Å². The van der Waals surface area contributed by atoms with Crippen LogP contribution in [0.25, 0.3) is 0 Å². The highest BCUT2D eigenvalue weighted by Crippen LogP contribution is 2.72. The van der Waals surface area contributed by atoms with Gasteiger partial charge in [0, 0.05) is 24.2 Å². The summed E-state index contributed by atoms with van der Waals surface area (Å²) in [6.07, 6.45) is 0. The summed E-state index contributed by atoms with van der Waals surface area (Å²) in [6, 6.07) is 0. The summed E-state index contributed by atoms with van der Waals surface area (Å²) in [5.41, 5.74) is 0. The number of hydrogen-bond acceptors (Lipinski definition) is 0. The number of halogens is 1. The van der Waals surface area contributed by atoms with E-state index in [2.05, 4.69) is 98.2 Å². The monoisotopic (exact) mass is 448 g/mol. The summed E-state index contributed by atoms with van der Waals surface area (Å²) >= 11 is 0. The van der Waals surface area contributed by atoms with E-state index < -0.39 is 48.8 Å². The Bertz CT molecular complexity index is 513. The van der Waals surface area contributed by atoms with Gasteiger partial charge in [0.05, 0.1) is 16.1 Å². The fraction of sp³-hybridized carbons (Fsp3) is 0.889. The molecule has 0 unspecified atom stereocenters. The Morgan fingerprint density at radius 3 is 0.840 bits per heavy atom. The summed E-state index contributed by atoms with van der Waals surface area (Å²) in [5.74, 6) is 0. The maximum absolute atomic E-state index is 17.9. The fourth-order valence-electron chi connectivity index (χ4n) is 7.34. The van der Waals surface area contributed by atoms with Crippen LogP contribution < -0.4 is 0 Å². The lowest BCUT2D eigenvalue weighted by Gasteiger charge is -2.62. The van der Waals surface area contributed by atoms with Gasteiger partial charge >= 0.3 is 0 Å². The van der Waals surface area contributed by atoms with Crippen LogP contribution in [-0.4, -0.2) is 48.8 Å². The van der Waals surface area contributed by atoms with Crippen molar-refractivity contribution < 1.29 is 4.11 Å². The van der Waals surface area contributed by atoms with Crippen molar-refractivity contribution in [3.63, 3.8) is 0 Å². The minimum Gasteiger partial charge on any atom is -0.304 e. The van der Waals surface area contributed by atoms with E-state index >= 15 is 4.11 Å². The standard InChI is InChI=1S/C18H45FSi6/c1-20(2,3)16-17(21(4,5)6)25(16,19)18(22(7,8)9,23(10,11)12)24(13,14)15/h1-15H3. The molecular weight excluding hydrogens is 404 g/mol. The summed E-state index contributed by atoms with van der Waals surface area (Å²) in [7, 11) is -11.3. The van der Waals surface area contributed by atoms with Gasteiger partial charge in [0.15, 0.2) is 0 Å². The van der Waals surface area contributed by atoms with E-state index in [0.717, 1.165) is 0 Å². The minimum absolute atomic E-state index is 0.102. The largest absolute Gasteiger partial charge is 0.304 e. The lowest BCUT2D eigenvalue weighted by Crippen LogP contribution is -2.74. The Morgan fingerprint density at radius 1 is 0.520 bits per heavy atom. The van der Waals surface area contributed by atoms with Crippen LogP contribution in [0.4, 0.5) is 4.11 Å². The molecule has 1 heterocycles. The zero-order valence-corrected chi connectivity index (χ0v) is 25.9. The molecule has 0 aromatic carbocycles. The Morgan fingerprint density at radius 2 is 0.720 bits per heavy atom. The predicted octanol–water partition coefficient (Wildman–Crippen LogP) is 7.42. The quantitative estimate of drug-likeness (QED) is 0.293. The predicted molar refractivity (Wildman–Crippen MR) is 133 cm³/mol. The highest BCUT2D eigenvalue weighted by Gasteiger charge is 2.82. The number of hydrogen-bond donors (Lipinski definition) is 0. The van der Waals surface area contributed by atoms with Gasteiger partial charge in [-0.15, -0.1) is 0 Å². The second kappa shape index (κ2) is 5.98. The van der Waals surface area contributed by atoms with Crippen LogP contribution in [0.2, 0.25) is 102 Å². The molecule has 0 nitrogen and oxygen atoms in total. The van der Waals surface area contributed by atoms with Crippen LogP contribution in [0, 0.1) is 0 Å². The Balaban J connectivity index is 3.99. The fourth-order valence-corrected chi connectivity index (χ4v) is 70.0. The van der Waals surface area contributed by atoms with Crippen molar-refractivity contribution in [2.24, 2.45) is 0 Å². The minimum atomic E-state index is -2.98. The smallest absolute Gasteiger partial charge is 0.290 e. The van der Waals surface area contributed by atoms with E-state index in [0.29, 0.717) is 0 Å². The second-order valence-corrected chi connectivity index (χ2v) is 46.2. The SMILES string of the molecule is C[Si](C)(C)C1=C([Si](C)(C)C)[Si]1(F)C([Si](C)(C)C)([Si](C)(C)C)[Si](C)(C)C. The lowest BCUT2D eigenvalue weighted by atomic mass is 11.2. The molecule has 25 heavy (non-hydrogen) atoms. The summed E-state index contributed by atoms with van der Waals surface area (Å²) < 4.78 is 18.0. The molecule has 0 N–H and O–H groups in total. The molecule has 0 saturated carbocycles. The third-order valence-electron chi connectivity index (χ3n) is 6.27. The maximum Gasteiger partial charge on any atom is 0.290 e. The Kier molecular flexibility index (Phi) is 5.75. The van der Waals surface area contributed by atoms with Crippen LogP contribution in [0.3, 0.4) is 0 Å². The van der Waals surface area contributed by atoms with Crippen molar-refractivity contribution in [1.29, 1.82) is 0 Å². The molecule has 1 aliphatic heterocycles. The Labute approximate surface area is 164 Å². The van der Waals surface area contributed by atoms with Gasteiger partial charge in [-0.3, -0.25) is 0 Å². The molecule has 0 aromatic heterocycles. The average molecular weight is 449 g/mol. The molecule has 0 bridgehead atoms. The first kappa shape index (κ1) is 24.0. The Hall–Kier alpha value is 0.971. The van der Waals surface area contributed by atoms with Crippen molar-refractivity contribution in [3.8, 4) is 0 Å². The molecule has 7 heteroatoms. The first-order valence-corrected chi connectivity index (χ1v) is 29.3. The van der Waals surface area contributed by atoms with Gasteiger partial charge in [-0.25, -0.2) is 0 Å². The molecule has 0 atom stereocenters. The van der Waals surface area contributed by atoms with Gasteiger partial charge < -0.3 is 4.11 Å². The van der Waals surface area contributed by atoms with E-state index in [1.165, 1.54) is 9.64 Å². The normalized spacial score (nSPS) is 20.2. The van der Waals surface area contributed by atoms with E-state index in [-0.39, 0.29) is 3.91 Å². The molecule has 1 rings (SSSR count). The van der Waals surface area contributed by atoms with Crippen LogP contribution in [0.1, 0.15) is 0 Å². The molecule has 0 saturated heterocycles. The van der Waals surface area contributed by atoms with Gasteiger partial charge in [0.25, 0.3) is 8.41 Å². The van der Waals surface area contributed by atoms with Crippen molar-refractivity contribution >= 4 is 48.8 Å². The molecular formula is C18H45FSi6. The van der Waals surface area contributed by atoms with Gasteiger partial charge in [-0.1, -0.05) is 108 Å². The highest BCUT2D eigenvalue weighted by molar-refractivity contribution is 7.41. The zero-order valence-electron chi connectivity index (χ0n) is 19.9. The third kappa shape index (κ3) is 3.32. The molecule has 148 valence electrons. The van der Waals surface area contributed by atoms with Crippen LogP contribution in [0.15, 0.2) is 9.64 Å². The van der Waals surface area contributed by atoms with Gasteiger partial charge in [0.2, 0.25) is 0 Å². The zero-order chi connectivity index (χ0) is 20.7. The molecule has 1 aliphatic rings. The first-order valence-electron chi connectivity index (χ1n) is 9.94. The summed E-state index contributed by atoms with van der Waals surface area (Å²) in [6.45, 7) is 37.1. The molecule has 0 amide bonds. The van der Waals surface area contributed by atoms with Crippen molar-refractivity contribution in [2.75, 3.05) is 0 Å². The maximum atomic E-state index is 17.9. The lowest BCUT2D eigenvalue weighted by molar-refractivity contribution is 0.807. The van der Waals surface area contributed by atoms with E-state index in [1.54, 1.807) is 0 Å². The summed E-state index contributed by atoms with van der Waals surface area (Å²) in [5, 5.41) is 0. The molecule has 0 radical (unpaired) electrons. The van der Waals surface area contributed by atoms with Gasteiger partial charge in [-0.2, -0.15) is 0 Å². The topological polar surface area (TPSA) is 0 Å². The second-order valence-electron chi connectivity index (χ2n) is 13.4. The van der Waals surface area contributed by atoms with Gasteiger partial charge in [-0.05, 0) is 3.91 Å². The highest BCUT2D eigenvalue weighted by atomic mass is 28.5. The average Bonchev–Trinajstić information content (AvgIpc) is 2.76. The molecule has 0 aromatic rings. The van der Waals surface area contributed by atoms with Crippen LogP contribution in [-0.2, 0) is 0 Å². The van der Waals surface area contributed by atoms with E-state index in [1.807, 2.05) is 0 Å².